The highest BCUT2D eigenvalue weighted by Crippen LogP contribution is 2.44. The maximum absolute atomic E-state index is 12.6. The van der Waals surface area contributed by atoms with E-state index in [4.69, 9.17) is 19.9 Å². The molecule has 176 valence electrons. The average Bonchev–Trinajstić information content (AvgIpc) is 2.89. The number of hydrogen-bond acceptors (Lipinski definition) is 6. The zero-order valence-corrected chi connectivity index (χ0v) is 20.4. The molecule has 4 aromatic rings. The van der Waals surface area contributed by atoms with Crippen LogP contribution in [0.2, 0.25) is 0 Å². The number of nitrogens with two attached hydrogens (primary N) is 1. The van der Waals surface area contributed by atoms with E-state index in [0.717, 1.165) is 15.6 Å². The molecule has 7 heteroatoms. The van der Waals surface area contributed by atoms with Crippen LogP contribution in [-0.4, -0.2) is 5.97 Å². The number of fused-ring (bicyclic) bond motifs is 1. The second kappa shape index (κ2) is 9.98. The Morgan fingerprint density at radius 3 is 2.39 bits per heavy atom. The number of benzene rings is 4. The molecular formula is C29H19BrN2O4. The van der Waals surface area contributed by atoms with Gasteiger partial charge in [0, 0.05) is 16.1 Å². The molecule has 6 nitrogen and oxygen atoms in total. The number of halogens is 1. The molecule has 1 unspecified atom stereocenters. The third-order valence-corrected chi connectivity index (χ3v) is 6.18. The van der Waals surface area contributed by atoms with Crippen LogP contribution in [0.3, 0.4) is 0 Å². The molecule has 0 bridgehead atoms. The lowest BCUT2D eigenvalue weighted by atomic mass is 9.83. The third-order valence-electron chi connectivity index (χ3n) is 5.65. The summed E-state index contributed by atoms with van der Waals surface area (Å²) in [6.07, 6.45) is 0. The van der Waals surface area contributed by atoms with Crippen LogP contribution in [0, 0.1) is 11.3 Å². The van der Waals surface area contributed by atoms with Gasteiger partial charge in [-0.3, -0.25) is 0 Å². The van der Waals surface area contributed by atoms with Crippen LogP contribution in [0.1, 0.15) is 27.4 Å². The summed E-state index contributed by atoms with van der Waals surface area (Å²) in [7, 11) is 0. The zero-order chi connectivity index (χ0) is 25.1. The fourth-order valence-electron chi connectivity index (χ4n) is 3.98. The molecule has 5 rings (SSSR count). The average molecular weight is 539 g/mol. The first-order valence-corrected chi connectivity index (χ1v) is 11.8. The molecule has 4 aromatic carbocycles. The summed E-state index contributed by atoms with van der Waals surface area (Å²) in [6, 6.07) is 31.0. The number of nitriles is 1. The van der Waals surface area contributed by atoms with Crippen molar-refractivity contribution in [2.24, 2.45) is 5.73 Å². The van der Waals surface area contributed by atoms with Gasteiger partial charge in [-0.25, -0.2) is 4.79 Å². The lowest BCUT2D eigenvalue weighted by molar-refractivity contribution is 0.0734. The summed E-state index contributed by atoms with van der Waals surface area (Å²) in [5.74, 6) is 1.07. The Bertz CT molecular complexity index is 1510. The summed E-state index contributed by atoms with van der Waals surface area (Å²) in [5, 5.41) is 9.87. The van der Waals surface area contributed by atoms with Gasteiger partial charge in [-0.15, -0.1) is 0 Å². The van der Waals surface area contributed by atoms with Crippen molar-refractivity contribution in [3.63, 3.8) is 0 Å². The molecule has 0 spiro atoms. The van der Waals surface area contributed by atoms with Gasteiger partial charge in [0.05, 0.1) is 11.5 Å². The predicted molar refractivity (Wildman–Crippen MR) is 138 cm³/mol. The Kier molecular flexibility index (Phi) is 6.44. The van der Waals surface area contributed by atoms with E-state index in [1.165, 1.54) is 0 Å². The number of carbonyl (C=O) groups is 1. The Hall–Kier alpha value is -4.54. The van der Waals surface area contributed by atoms with E-state index in [9.17, 15) is 10.1 Å². The van der Waals surface area contributed by atoms with Gasteiger partial charge in [-0.1, -0.05) is 52.3 Å². The van der Waals surface area contributed by atoms with Crippen molar-refractivity contribution in [2.75, 3.05) is 0 Å². The minimum absolute atomic E-state index is 0.000710. The van der Waals surface area contributed by atoms with Gasteiger partial charge < -0.3 is 19.9 Å². The molecule has 1 heterocycles. The highest BCUT2D eigenvalue weighted by Gasteiger charge is 2.31. The van der Waals surface area contributed by atoms with Crippen LogP contribution < -0.4 is 19.9 Å². The molecule has 0 radical (unpaired) electrons. The minimum atomic E-state index is -0.498. The molecule has 1 aliphatic rings. The number of esters is 1. The van der Waals surface area contributed by atoms with Crippen molar-refractivity contribution in [1.82, 2.24) is 0 Å². The summed E-state index contributed by atoms with van der Waals surface area (Å²) < 4.78 is 18.2. The number of allylic oxidation sites excluding steroid dienone is 1. The van der Waals surface area contributed by atoms with Gasteiger partial charge >= 0.3 is 5.97 Å². The minimum Gasteiger partial charge on any atom is -0.457 e. The van der Waals surface area contributed by atoms with Gasteiger partial charge in [0.25, 0.3) is 0 Å². The van der Waals surface area contributed by atoms with Crippen LogP contribution in [0.4, 0.5) is 0 Å². The smallest absolute Gasteiger partial charge is 0.343 e. The molecule has 0 saturated carbocycles. The fraction of sp³-hybridized carbons (Fsp3) is 0.0345. The largest absolute Gasteiger partial charge is 0.457 e. The molecule has 0 aromatic heterocycles. The van der Waals surface area contributed by atoms with E-state index in [-0.39, 0.29) is 5.88 Å². The van der Waals surface area contributed by atoms with E-state index in [2.05, 4.69) is 22.0 Å². The van der Waals surface area contributed by atoms with Crippen LogP contribution in [0.15, 0.2) is 113 Å². The van der Waals surface area contributed by atoms with E-state index in [1.54, 1.807) is 42.5 Å². The molecule has 0 fully saturated rings. The number of rotatable bonds is 5. The van der Waals surface area contributed by atoms with Gasteiger partial charge in [0.15, 0.2) is 0 Å². The number of carbonyl (C=O) groups excluding carboxylic acids is 1. The molecule has 1 aliphatic heterocycles. The normalized spacial score (nSPS) is 14.3. The maximum atomic E-state index is 12.6. The summed E-state index contributed by atoms with van der Waals surface area (Å²) in [5.41, 5.74) is 8.38. The first kappa shape index (κ1) is 23.2. The van der Waals surface area contributed by atoms with Gasteiger partial charge in [-0.2, -0.15) is 5.26 Å². The molecule has 0 amide bonds. The molecule has 0 saturated heterocycles. The topological polar surface area (TPSA) is 94.6 Å². The lowest BCUT2D eigenvalue weighted by Crippen LogP contribution is -2.21. The molecule has 36 heavy (non-hydrogen) atoms. The van der Waals surface area contributed by atoms with Gasteiger partial charge in [0.2, 0.25) is 5.88 Å². The van der Waals surface area contributed by atoms with E-state index >= 15 is 0 Å². The maximum Gasteiger partial charge on any atom is 0.343 e. The molecule has 1 atom stereocenters. The van der Waals surface area contributed by atoms with Crippen LogP contribution >= 0.6 is 15.9 Å². The first-order valence-electron chi connectivity index (χ1n) is 11.0. The van der Waals surface area contributed by atoms with Gasteiger partial charge in [0.1, 0.15) is 34.6 Å². The quantitative estimate of drug-likeness (QED) is 0.225. The standard InChI is InChI=1S/C29H19BrN2O4/c30-20-11-9-18(10-12-20)29(33)35-23-13-14-24-26(16-23)36-28(32)25(17-31)27(24)19-5-4-8-22(15-19)34-21-6-2-1-3-7-21/h1-16,27H,32H2. The number of para-hydroxylation sites is 1. The highest BCUT2D eigenvalue weighted by molar-refractivity contribution is 9.10. The van der Waals surface area contributed by atoms with Crippen molar-refractivity contribution < 1.29 is 19.0 Å². The lowest BCUT2D eigenvalue weighted by Gasteiger charge is -2.27. The summed E-state index contributed by atoms with van der Waals surface area (Å²) in [6.45, 7) is 0. The summed E-state index contributed by atoms with van der Waals surface area (Å²) in [4.78, 5) is 12.6. The van der Waals surface area contributed by atoms with Crippen molar-refractivity contribution in [1.29, 1.82) is 5.26 Å². The number of hydrogen-bond donors (Lipinski definition) is 1. The number of ether oxygens (including phenoxy) is 3. The van der Waals surface area contributed by atoms with E-state index in [0.29, 0.717) is 34.1 Å². The second-order valence-corrected chi connectivity index (χ2v) is 8.92. The Morgan fingerprint density at radius 1 is 0.889 bits per heavy atom. The number of nitrogens with zero attached hydrogens (tertiary/aromatic N) is 1. The highest BCUT2D eigenvalue weighted by atomic mass is 79.9. The van der Waals surface area contributed by atoms with Crippen LogP contribution in [0.25, 0.3) is 0 Å². The Balaban J connectivity index is 1.46. The van der Waals surface area contributed by atoms with Gasteiger partial charge in [-0.05, 0) is 60.2 Å². The third kappa shape index (κ3) is 4.81. The van der Waals surface area contributed by atoms with Crippen molar-refractivity contribution in [2.45, 2.75) is 5.92 Å². The predicted octanol–water partition coefficient (Wildman–Crippen LogP) is 6.68. The van der Waals surface area contributed by atoms with Crippen molar-refractivity contribution in [3.05, 3.63) is 130 Å². The van der Waals surface area contributed by atoms with Crippen LogP contribution in [0.5, 0.6) is 23.0 Å². The fourth-order valence-corrected chi connectivity index (χ4v) is 4.24. The molecule has 0 aliphatic carbocycles. The zero-order valence-electron chi connectivity index (χ0n) is 18.9. The van der Waals surface area contributed by atoms with Crippen LogP contribution in [-0.2, 0) is 0 Å². The van der Waals surface area contributed by atoms with E-state index in [1.807, 2.05) is 54.6 Å². The molecular weight excluding hydrogens is 520 g/mol. The van der Waals surface area contributed by atoms with Crippen molar-refractivity contribution >= 4 is 21.9 Å². The monoisotopic (exact) mass is 538 g/mol. The first-order chi connectivity index (χ1) is 17.5. The summed E-state index contributed by atoms with van der Waals surface area (Å²) >= 11 is 3.35. The Labute approximate surface area is 216 Å². The molecule has 2 N–H and O–H groups in total. The van der Waals surface area contributed by atoms with E-state index < -0.39 is 11.9 Å². The second-order valence-electron chi connectivity index (χ2n) is 8.01. The van der Waals surface area contributed by atoms with Crippen molar-refractivity contribution in [3.8, 4) is 29.1 Å². The SMILES string of the molecule is N#CC1=C(N)Oc2cc(OC(=O)c3ccc(Br)cc3)ccc2C1c1cccc(Oc2ccccc2)c1. The Morgan fingerprint density at radius 2 is 1.64 bits per heavy atom.